The minimum atomic E-state index is -4.64. The summed E-state index contributed by atoms with van der Waals surface area (Å²) in [6, 6.07) is 17.0. The minimum absolute atomic E-state index is 0.000841. The van der Waals surface area contributed by atoms with E-state index < -0.39 is 14.1 Å². The average Bonchev–Trinajstić information content (AvgIpc) is 2.76. The number of Topliss-reactive ketones (excluding diaryl/α,β-unsaturated/α-hetero) is 1. The molecule has 170 valence electrons. The molecule has 1 aliphatic rings. The number of para-hydroxylation sites is 2. The molecule has 1 aliphatic heterocycles. The highest BCUT2D eigenvalue weighted by Crippen LogP contribution is 2.29. The van der Waals surface area contributed by atoms with E-state index in [0.29, 0.717) is 18.7 Å². The van der Waals surface area contributed by atoms with Gasteiger partial charge in [-0.05, 0) is 18.6 Å². The van der Waals surface area contributed by atoms with Crippen molar-refractivity contribution in [1.82, 2.24) is 4.90 Å². The average molecular weight is 454 g/mol. The van der Waals surface area contributed by atoms with Crippen LogP contribution >= 0.6 is 7.82 Å². The summed E-state index contributed by atoms with van der Waals surface area (Å²) in [5, 5.41) is 0. The van der Waals surface area contributed by atoms with Crippen molar-refractivity contribution in [3.63, 3.8) is 0 Å². The molecule has 0 radical (unpaired) electrons. The molecule has 10 heteroatoms. The number of phosphoric acid groups is 1. The standard InChI is InChI=1S/C21H25FN2O2.H3O4P/c1-26-20-10-6-5-9-18(20)23-13-15-24(16-14-23)21(22)12-11-19(25)17-7-3-2-4-8-17;1-5(2,3)4/h2-10,21H,11-16H2,1H3;(H3,1,2,3,4). The van der Waals surface area contributed by atoms with Crippen molar-refractivity contribution < 1.29 is 33.2 Å². The molecule has 8 nitrogen and oxygen atoms in total. The third kappa shape index (κ3) is 8.77. The third-order valence-corrected chi connectivity index (χ3v) is 4.84. The molecule has 0 saturated carbocycles. The Bertz CT molecular complexity index is 863. The van der Waals surface area contributed by atoms with Crippen LogP contribution in [0, 0.1) is 0 Å². The predicted molar refractivity (Wildman–Crippen MR) is 116 cm³/mol. The summed E-state index contributed by atoms with van der Waals surface area (Å²) in [4.78, 5) is 37.7. The molecule has 0 aromatic heterocycles. The van der Waals surface area contributed by atoms with Crippen molar-refractivity contribution in [2.75, 3.05) is 38.2 Å². The van der Waals surface area contributed by atoms with Crippen molar-refractivity contribution in [2.45, 2.75) is 19.1 Å². The third-order valence-electron chi connectivity index (χ3n) is 4.84. The lowest BCUT2D eigenvalue weighted by atomic mass is 10.1. The minimum Gasteiger partial charge on any atom is -0.495 e. The van der Waals surface area contributed by atoms with Crippen LogP contribution in [-0.2, 0) is 4.57 Å². The first kappa shape index (κ1) is 25.0. The van der Waals surface area contributed by atoms with E-state index in [-0.39, 0.29) is 18.6 Å². The van der Waals surface area contributed by atoms with Crippen LogP contribution < -0.4 is 9.64 Å². The van der Waals surface area contributed by atoms with E-state index in [9.17, 15) is 9.18 Å². The SMILES string of the molecule is COc1ccccc1N1CCN(C(F)CCC(=O)c2ccccc2)CC1.O=P(O)(O)O. The Labute approximate surface area is 181 Å². The number of halogens is 1. The Morgan fingerprint density at radius 1 is 1.03 bits per heavy atom. The lowest BCUT2D eigenvalue weighted by Gasteiger charge is -2.38. The maximum atomic E-state index is 14.6. The fourth-order valence-corrected chi connectivity index (χ4v) is 3.34. The molecule has 3 N–H and O–H groups in total. The fraction of sp³-hybridized carbons (Fsp3) is 0.381. The predicted octanol–water partition coefficient (Wildman–Crippen LogP) is 2.85. The number of hydrogen-bond acceptors (Lipinski definition) is 5. The smallest absolute Gasteiger partial charge is 0.466 e. The van der Waals surface area contributed by atoms with Gasteiger partial charge >= 0.3 is 7.82 Å². The fourth-order valence-electron chi connectivity index (χ4n) is 3.34. The molecular formula is C21H28FN2O6P. The summed E-state index contributed by atoms with van der Waals surface area (Å²) in [6.07, 6.45) is -0.609. The van der Waals surface area contributed by atoms with E-state index in [4.69, 9.17) is 24.0 Å². The molecular weight excluding hydrogens is 426 g/mol. The van der Waals surface area contributed by atoms with Crippen LogP contribution in [0.2, 0.25) is 0 Å². The number of hydrogen-bond donors (Lipinski definition) is 3. The quantitative estimate of drug-likeness (QED) is 0.333. The van der Waals surface area contributed by atoms with E-state index in [0.717, 1.165) is 24.5 Å². The molecule has 0 aliphatic carbocycles. The molecule has 1 heterocycles. The number of nitrogens with zero attached hydrogens (tertiary/aromatic N) is 2. The van der Waals surface area contributed by atoms with Crippen LogP contribution in [0.1, 0.15) is 23.2 Å². The van der Waals surface area contributed by atoms with Crippen molar-refractivity contribution in [2.24, 2.45) is 0 Å². The Balaban J connectivity index is 0.000000614. The maximum absolute atomic E-state index is 14.6. The number of benzene rings is 2. The molecule has 2 aromatic rings. The van der Waals surface area contributed by atoms with Gasteiger partial charge in [0.2, 0.25) is 0 Å². The zero-order valence-corrected chi connectivity index (χ0v) is 18.2. The second kappa shape index (κ2) is 11.9. The van der Waals surface area contributed by atoms with E-state index >= 15 is 0 Å². The molecule has 1 saturated heterocycles. The van der Waals surface area contributed by atoms with Gasteiger partial charge in [-0.15, -0.1) is 0 Å². The molecule has 1 fully saturated rings. The summed E-state index contributed by atoms with van der Waals surface area (Å²) in [5.74, 6) is 0.840. The topological polar surface area (TPSA) is 111 Å². The summed E-state index contributed by atoms with van der Waals surface area (Å²) in [6.45, 7) is 2.76. The van der Waals surface area contributed by atoms with Crippen LogP contribution in [0.25, 0.3) is 0 Å². The van der Waals surface area contributed by atoms with Crippen molar-refractivity contribution in [1.29, 1.82) is 0 Å². The zero-order chi connectivity index (χ0) is 22.9. The van der Waals surface area contributed by atoms with Gasteiger partial charge in [0.1, 0.15) is 5.75 Å². The number of carbonyl (C=O) groups excluding carboxylic acids is 1. The molecule has 2 aromatic carbocycles. The number of alkyl halides is 1. The van der Waals surface area contributed by atoms with Gasteiger partial charge in [0.05, 0.1) is 12.8 Å². The number of piperazine rings is 1. The highest BCUT2D eigenvalue weighted by atomic mass is 31.2. The molecule has 0 spiro atoms. The van der Waals surface area contributed by atoms with Crippen molar-refractivity contribution in [3.8, 4) is 5.75 Å². The van der Waals surface area contributed by atoms with Crippen LogP contribution in [0.4, 0.5) is 10.1 Å². The van der Waals surface area contributed by atoms with Gasteiger partial charge in [0.15, 0.2) is 12.1 Å². The number of ether oxygens (including phenoxy) is 1. The highest BCUT2D eigenvalue weighted by Gasteiger charge is 2.25. The normalized spacial score (nSPS) is 15.6. The van der Waals surface area contributed by atoms with Gasteiger partial charge in [-0.2, -0.15) is 0 Å². The molecule has 0 bridgehead atoms. The number of methoxy groups -OCH3 is 1. The van der Waals surface area contributed by atoms with Gasteiger partial charge in [0, 0.05) is 38.2 Å². The highest BCUT2D eigenvalue weighted by molar-refractivity contribution is 7.45. The summed E-state index contributed by atoms with van der Waals surface area (Å²) in [5.41, 5.74) is 1.70. The Hall–Kier alpha value is -2.29. The lowest BCUT2D eigenvalue weighted by Crippen LogP contribution is -2.49. The number of rotatable bonds is 7. The second-order valence-corrected chi connectivity index (χ2v) is 8.00. The largest absolute Gasteiger partial charge is 0.495 e. The van der Waals surface area contributed by atoms with Gasteiger partial charge in [-0.3, -0.25) is 9.69 Å². The van der Waals surface area contributed by atoms with Gasteiger partial charge in [0.25, 0.3) is 0 Å². The number of ketones is 1. The Morgan fingerprint density at radius 2 is 1.58 bits per heavy atom. The van der Waals surface area contributed by atoms with Gasteiger partial charge < -0.3 is 24.3 Å². The molecule has 3 rings (SSSR count). The second-order valence-electron chi connectivity index (χ2n) is 6.97. The van der Waals surface area contributed by atoms with Crippen LogP contribution in [0.15, 0.2) is 54.6 Å². The molecule has 1 atom stereocenters. The summed E-state index contributed by atoms with van der Waals surface area (Å²) >= 11 is 0. The van der Waals surface area contributed by atoms with E-state index in [1.165, 1.54) is 0 Å². The van der Waals surface area contributed by atoms with Gasteiger partial charge in [-0.1, -0.05) is 42.5 Å². The Morgan fingerprint density at radius 3 is 2.16 bits per heavy atom. The van der Waals surface area contributed by atoms with Crippen LogP contribution in [-0.4, -0.2) is 64.9 Å². The molecule has 31 heavy (non-hydrogen) atoms. The first-order chi connectivity index (χ1) is 14.7. The number of anilines is 1. The van der Waals surface area contributed by atoms with Crippen LogP contribution in [0.5, 0.6) is 5.75 Å². The van der Waals surface area contributed by atoms with E-state index in [2.05, 4.69) is 4.90 Å². The summed E-state index contributed by atoms with van der Waals surface area (Å²) in [7, 11) is -2.98. The monoisotopic (exact) mass is 454 g/mol. The Kier molecular flexibility index (Phi) is 9.61. The van der Waals surface area contributed by atoms with Gasteiger partial charge in [-0.25, -0.2) is 8.96 Å². The van der Waals surface area contributed by atoms with Crippen LogP contribution in [0.3, 0.4) is 0 Å². The van der Waals surface area contributed by atoms with E-state index in [1.807, 2.05) is 47.4 Å². The first-order valence-corrected chi connectivity index (χ1v) is 11.4. The lowest BCUT2D eigenvalue weighted by molar-refractivity contribution is 0.0636. The van der Waals surface area contributed by atoms with Crippen molar-refractivity contribution >= 4 is 19.3 Å². The maximum Gasteiger partial charge on any atom is 0.466 e. The molecule has 1 unspecified atom stereocenters. The number of carbonyl (C=O) groups is 1. The van der Waals surface area contributed by atoms with Crippen molar-refractivity contribution in [3.05, 3.63) is 60.2 Å². The zero-order valence-electron chi connectivity index (χ0n) is 17.3. The molecule has 0 amide bonds. The summed E-state index contributed by atoms with van der Waals surface area (Å²) < 4.78 is 28.9. The first-order valence-electron chi connectivity index (χ1n) is 9.81. The van der Waals surface area contributed by atoms with E-state index in [1.54, 1.807) is 19.2 Å².